The molecule has 8 heteroatoms. The smallest absolute Gasteiger partial charge is 0.250 e. The number of hydrogen-bond donors (Lipinski definition) is 1. The molecule has 128 valence electrons. The van der Waals surface area contributed by atoms with Crippen LogP contribution in [0, 0.1) is 0 Å². The van der Waals surface area contributed by atoms with Gasteiger partial charge in [0.25, 0.3) is 10.0 Å². The summed E-state index contributed by atoms with van der Waals surface area (Å²) < 4.78 is 40.0. The second kappa shape index (κ2) is 6.22. The molecule has 0 spiro atoms. The summed E-state index contributed by atoms with van der Waals surface area (Å²) in [7, 11) is -3.59. The van der Waals surface area contributed by atoms with E-state index >= 15 is 0 Å². The third kappa shape index (κ3) is 3.01. The fourth-order valence-electron chi connectivity index (χ4n) is 3.15. The molecule has 2 heterocycles. The van der Waals surface area contributed by atoms with Gasteiger partial charge in [-0.2, -0.15) is 0 Å². The van der Waals surface area contributed by atoms with Gasteiger partial charge in [0.2, 0.25) is 0 Å². The van der Waals surface area contributed by atoms with Crippen molar-refractivity contribution in [2.24, 2.45) is 0 Å². The standard InChI is InChI=1S/C16H16ClNO4S2/c17-15-4-5-16(23-15)24(19,20)18-12-3-1-2-10-8-13-14(9-11(10)12)22-7-6-21-13/h4-5,8-9,12,18H,1-3,6-7H2. The summed E-state index contributed by atoms with van der Waals surface area (Å²) in [5.74, 6) is 1.43. The quantitative estimate of drug-likeness (QED) is 0.877. The zero-order chi connectivity index (χ0) is 16.7. The van der Waals surface area contributed by atoms with Crippen molar-refractivity contribution in [1.29, 1.82) is 0 Å². The lowest BCUT2D eigenvalue weighted by atomic mass is 9.88. The number of ether oxygens (including phenoxy) is 2. The van der Waals surface area contributed by atoms with Gasteiger partial charge >= 0.3 is 0 Å². The Balaban J connectivity index is 1.66. The van der Waals surface area contributed by atoms with Crippen molar-refractivity contribution >= 4 is 33.0 Å². The van der Waals surface area contributed by atoms with E-state index in [0.717, 1.165) is 47.5 Å². The molecule has 24 heavy (non-hydrogen) atoms. The number of benzene rings is 1. The van der Waals surface area contributed by atoms with Crippen LogP contribution >= 0.6 is 22.9 Å². The number of nitrogens with one attached hydrogen (secondary N) is 1. The molecule has 1 aliphatic heterocycles. The minimum absolute atomic E-state index is 0.233. The van der Waals surface area contributed by atoms with Crippen molar-refractivity contribution in [3.8, 4) is 11.5 Å². The van der Waals surface area contributed by atoms with Crippen LogP contribution in [0.4, 0.5) is 0 Å². The average molecular weight is 386 g/mol. The van der Waals surface area contributed by atoms with Crippen molar-refractivity contribution in [2.75, 3.05) is 13.2 Å². The highest BCUT2D eigenvalue weighted by Crippen LogP contribution is 2.40. The molecule has 1 N–H and O–H groups in total. The first-order valence-corrected chi connectivity index (χ1v) is 10.4. The van der Waals surface area contributed by atoms with Crippen LogP contribution in [0.25, 0.3) is 0 Å². The summed E-state index contributed by atoms with van der Waals surface area (Å²) >= 11 is 6.92. The summed E-state index contributed by atoms with van der Waals surface area (Å²) in [6, 6.07) is 6.75. The van der Waals surface area contributed by atoms with Crippen LogP contribution < -0.4 is 14.2 Å². The Morgan fingerprint density at radius 3 is 2.62 bits per heavy atom. The van der Waals surface area contributed by atoms with Crippen LogP contribution in [0.1, 0.15) is 30.0 Å². The van der Waals surface area contributed by atoms with E-state index in [1.807, 2.05) is 12.1 Å². The van der Waals surface area contributed by atoms with Crippen LogP contribution in [-0.2, 0) is 16.4 Å². The Morgan fingerprint density at radius 2 is 1.92 bits per heavy atom. The van der Waals surface area contributed by atoms with Crippen molar-refractivity contribution in [3.63, 3.8) is 0 Å². The lowest BCUT2D eigenvalue weighted by molar-refractivity contribution is 0.171. The molecule has 0 radical (unpaired) electrons. The number of halogens is 1. The van der Waals surface area contributed by atoms with Gasteiger partial charge in [0.05, 0.1) is 4.34 Å². The fraction of sp³-hybridized carbons (Fsp3) is 0.375. The van der Waals surface area contributed by atoms with E-state index in [-0.39, 0.29) is 10.3 Å². The van der Waals surface area contributed by atoms with Crippen LogP contribution in [0.2, 0.25) is 4.34 Å². The number of sulfonamides is 1. The van der Waals surface area contributed by atoms with Crippen LogP contribution in [0.3, 0.4) is 0 Å². The highest BCUT2D eigenvalue weighted by Gasteiger charge is 2.29. The van der Waals surface area contributed by atoms with Crippen molar-refractivity contribution in [3.05, 3.63) is 39.7 Å². The monoisotopic (exact) mass is 385 g/mol. The second-order valence-corrected chi connectivity index (χ2v) is 9.48. The number of rotatable bonds is 3. The lowest BCUT2D eigenvalue weighted by Gasteiger charge is -2.28. The zero-order valence-electron chi connectivity index (χ0n) is 12.7. The molecule has 1 atom stereocenters. The molecule has 0 fully saturated rings. The minimum atomic E-state index is -3.59. The predicted molar refractivity (Wildman–Crippen MR) is 92.8 cm³/mol. The molecule has 1 unspecified atom stereocenters. The Hall–Kier alpha value is -1.28. The largest absolute Gasteiger partial charge is 0.486 e. The highest BCUT2D eigenvalue weighted by molar-refractivity contribution is 7.91. The van der Waals surface area contributed by atoms with E-state index in [2.05, 4.69) is 4.72 Å². The fourth-order valence-corrected chi connectivity index (χ4v) is 5.90. The molecular formula is C16H16ClNO4S2. The molecule has 4 rings (SSSR count). The molecule has 0 saturated heterocycles. The van der Waals surface area contributed by atoms with Gasteiger partial charge in [0.1, 0.15) is 17.4 Å². The second-order valence-electron chi connectivity index (χ2n) is 5.82. The first-order valence-electron chi connectivity index (χ1n) is 7.73. The lowest BCUT2D eigenvalue weighted by Crippen LogP contribution is -2.31. The van der Waals surface area contributed by atoms with Crippen LogP contribution in [-0.4, -0.2) is 21.6 Å². The first kappa shape index (κ1) is 16.2. The summed E-state index contributed by atoms with van der Waals surface area (Å²) in [5, 5.41) is 0. The maximum absolute atomic E-state index is 12.6. The maximum Gasteiger partial charge on any atom is 0.250 e. The Kier molecular flexibility index (Phi) is 4.20. The third-order valence-corrected chi connectivity index (χ3v) is 7.42. The zero-order valence-corrected chi connectivity index (χ0v) is 15.1. The molecule has 1 aliphatic carbocycles. The van der Waals surface area contributed by atoms with Gasteiger partial charge in [-0.1, -0.05) is 11.6 Å². The number of hydrogen-bond acceptors (Lipinski definition) is 5. The van der Waals surface area contributed by atoms with Gasteiger partial charge in [0.15, 0.2) is 11.5 Å². The van der Waals surface area contributed by atoms with Gasteiger partial charge < -0.3 is 9.47 Å². The molecule has 1 aromatic carbocycles. The van der Waals surface area contributed by atoms with E-state index in [1.54, 1.807) is 6.07 Å². The molecule has 5 nitrogen and oxygen atoms in total. The van der Waals surface area contributed by atoms with E-state index in [9.17, 15) is 8.42 Å². The minimum Gasteiger partial charge on any atom is -0.486 e. The number of aryl methyl sites for hydroxylation is 1. The van der Waals surface area contributed by atoms with Crippen molar-refractivity contribution in [2.45, 2.75) is 29.5 Å². The molecule has 2 aromatic rings. The predicted octanol–water partition coefficient (Wildman–Crippen LogP) is 3.53. The maximum atomic E-state index is 12.6. The van der Waals surface area contributed by atoms with E-state index in [0.29, 0.717) is 23.3 Å². The number of thiophene rings is 1. The molecule has 2 aliphatic rings. The third-order valence-electron chi connectivity index (χ3n) is 4.23. The molecule has 0 saturated carbocycles. The van der Waals surface area contributed by atoms with Crippen LogP contribution in [0.5, 0.6) is 11.5 Å². The van der Waals surface area contributed by atoms with Gasteiger partial charge in [-0.15, -0.1) is 11.3 Å². The first-order chi connectivity index (χ1) is 11.5. The average Bonchev–Trinajstić information content (AvgIpc) is 3.01. The Morgan fingerprint density at radius 1 is 1.17 bits per heavy atom. The Bertz CT molecular complexity index is 878. The van der Waals surface area contributed by atoms with E-state index < -0.39 is 10.0 Å². The van der Waals surface area contributed by atoms with Crippen molar-refractivity contribution in [1.82, 2.24) is 4.72 Å². The molecular weight excluding hydrogens is 370 g/mol. The highest BCUT2D eigenvalue weighted by atomic mass is 35.5. The van der Waals surface area contributed by atoms with E-state index in [4.69, 9.17) is 21.1 Å². The van der Waals surface area contributed by atoms with Gasteiger partial charge in [-0.25, -0.2) is 13.1 Å². The normalized spacial score (nSPS) is 19.8. The Labute approximate surface area is 149 Å². The number of fused-ring (bicyclic) bond motifs is 2. The molecule has 0 bridgehead atoms. The van der Waals surface area contributed by atoms with Crippen molar-refractivity contribution < 1.29 is 17.9 Å². The van der Waals surface area contributed by atoms with Gasteiger partial charge in [-0.05, 0) is 54.7 Å². The van der Waals surface area contributed by atoms with E-state index in [1.165, 1.54) is 6.07 Å². The summed E-state index contributed by atoms with van der Waals surface area (Å²) in [5.41, 5.74) is 2.08. The van der Waals surface area contributed by atoms with Gasteiger partial charge in [0, 0.05) is 6.04 Å². The topological polar surface area (TPSA) is 64.6 Å². The summed E-state index contributed by atoms with van der Waals surface area (Å²) in [6.07, 6.45) is 2.59. The SMILES string of the molecule is O=S(=O)(NC1CCCc2cc3c(cc21)OCCO3)c1ccc(Cl)s1. The molecule has 0 amide bonds. The summed E-state index contributed by atoms with van der Waals surface area (Å²) in [6.45, 7) is 1.05. The summed E-state index contributed by atoms with van der Waals surface area (Å²) in [4.78, 5) is 0. The van der Waals surface area contributed by atoms with Gasteiger partial charge in [-0.3, -0.25) is 0 Å². The molecule has 1 aromatic heterocycles. The van der Waals surface area contributed by atoms with Crippen LogP contribution in [0.15, 0.2) is 28.5 Å².